The van der Waals surface area contributed by atoms with Gasteiger partial charge >= 0.3 is 0 Å². The number of aryl methyl sites for hydroxylation is 1. The highest BCUT2D eigenvalue weighted by atomic mass is 19.1. The molecular formula is C18H14FNO. The highest BCUT2D eigenvalue weighted by Gasteiger charge is 2.38. The van der Waals surface area contributed by atoms with E-state index in [0.717, 1.165) is 27.6 Å². The summed E-state index contributed by atoms with van der Waals surface area (Å²) in [4.78, 5) is 4.30. The van der Waals surface area contributed by atoms with Crippen molar-refractivity contribution in [1.82, 2.24) is 4.98 Å². The highest BCUT2D eigenvalue weighted by molar-refractivity contribution is 5.79. The van der Waals surface area contributed by atoms with Gasteiger partial charge in [0.05, 0.1) is 5.52 Å². The van der Waals surface area contributed by atoms with E-state index >= 15 is 0 Å². The Labute approximate surface area is 121 Å². The third-order valence-corrected chi connectivity index (χ3v) is 4.35. The first-order valence-electron chi connectivity index (χ1n) is 7.03. The molecule has 1 aliphatic carbocycles. The number of hydrogen-bond donors (Lipinski definition) is 1. The van der Waals surface area contributed by atoms with E-state index in [1.165, 1.54) is 12.1 Å². The zero-order valence-corrected chi connectivity index (χ0v) is 11.4. The fourth-order valence-electron chi connectivity index (χ4n) is 3.26. The van der Waals surface area contributed by atoms with Crippen LogP contribution in [0.4, 0.5) is 4.39 Å². The Morgan fingerprint density at radius 3 is 2.90 bits per heavy atom. The molecule has 3 heteroatoms. The van der Waals surface area contributed by atoms with Gasteiger partial charge in [0.1, 0.15) is 11.4 Å². The maximum atomic E-state index is 13.3. The molecule has 21 heavy (non-hydrogen) atoms. The molecule has 1 heterocycles. The van der Waals surface area contributed by atoms with Crippen LogP contribution in [0.25, 0.3) is 10.9 Å². The average molecular weight is 279 g/mol. The van der Waals surface area contributed by atoms with E-state index in [0.29, 0.717) is 12.8 Å². The van der Waals surface area contributed by atoms with Gasteiger partial charge in [-0.15, -0.1) is 0 Å². The summed E-state index contributed by atoms with van der Waals surface area (Å²) >= 11 is 0. The van der Waals surface area contributed by atoms with Gasteiger partial charge in [-0.3, -0.25) is 4.98 Å². The van der Waals surface area contributed by atoms with E-state index in [4.69, 9.17) is 0 Å². The highest BCUT2D eigenvalue weighted by Crippen LogP contribution is 2.42. The molecule has 1 aromatic heterocycles. The van der Waals surface area contributed by atoms with Crippen molar-refractivity contribution in [3.63, 3.8) is 0 Å². The van der Waals surface area contributed by atoms with E-state index in [1.807, 2.05) is 30.3 Å². The van der Waals surface area contributed by atoms with Gasteiger partial charge in [0.25, 0.3) is 0 Å². The third kappa shape index (κ3) is 1.85. The number of hydrogen-bond acceptors (Lipinski definition) is 2. The number of aliphatic hydroxyl groups is 1. The van der Waals surface area contributed by atoms with Gasteiger partial charge in [0.2, 0.25) is 0 Å². The largest absolute Gasteiger partial charge is 0.380 e. The maximum absolute atomic E-state index is 13.3. The Balaban J connectivity index is 1.89. The molecule has 104 valence electrons. The summed E-state index contributed by atoms with van der Waals surface area (Å²) in [6, 6.07) is 14.3. The molecule has 0 saturated heterocycles. The topological polar surface area (TPSA) is 33.1 Å². The van der Waals surface area contributed by atoms with E-state index in [2.05, 4.69) is 4.98 Å². The summed E-state index contributed by atoms with van der Waals surface area (Å²) < 4.78 is 13.3. The maximum Gasteiger partial charge on any atom is 0.123 e. The van der Waals surface area contributed by atoms with Crippen molar-refractivity contribution < 1.29 is 9.50 Å². The van der Waals surface area contributed by atoms with Crippen LogP contribution >= 0.6 is 0 Å². The Morgan fingerprint density at radius 2 is 2.00 bits per heavy atom. The van der Waals surface area contributed by atoms with Gasteiger partial charge in [-0.1, -0.05) is 18.2 Å². The van der Waals surface area contributed by atoms with Crippen LogP contribution in [-0.2, 0) is 12.0 Å². The Morgan fingerprint density at radius 1 is 1.10 bits per heavy atom. The monoisotopic (exact) mass is 279 g/mol. The number of aromatic nitrogens is 1. The minimum absolute atomic E-state index is 0.249. The summed E-state index contributed by atoms with van der Waals surface area (Å²) in [5, 5.41) is 12.1. The molecule has 4 rings (SSSR count). The minimum atomic E-state index is -1.03. The average Bonchev–Trinajstić information content (AvgIpc) is 2.84. The summed E-state index contributed by atoms with van der Waals surface area (Å²) in [7, 11) is 0. The molecular weight excluding hydrogens is 265 g/mol. The van der Waals surface area contributed by atoms with Gasteiger partial charge in [0.15, 0.2) is 0 Å². The lowest BCUT2D eigenvalue weighted by molar-refractivity contribution is 0.0830. The summed E-state index contributed by atoms with van der Waals surface area (Å²) in [5.41, 5.74) is 2.42. The first-order valence-corrected chi connectivity index (χ1v) is 7.03. The lowest BCUT2D eigenvalue weighted by Crippen LogP contribution is -2.23. The van der Waals surface area contributed by atoms with Crippen molar-refractivity contribution in [2.24, 2.45) is 0 Å². The van der Waals surface area contributed by atoms with Crippen molar-refractivity contribution in [3.8, 4) is 0 Å². The zero-order chi connectivity index (χ0) is 14.4. The Kier molecular flexibility index (Phi) is 2.59. The first-order chi connectivity index (χ1) is 10.2. The number of fused-ring (bicyclic) bond motifs is 2. The second kappa shape index (κ2) is 4.37. The minimum Gasteiger partial charge on any atom is -0.380 e. The van der Waals surface area contributed by atoms with Gasteiger partial charge in [-0.2, -0.15) is 0 Å². The van der Waals surface area contributed by atoms with Crippen LogP contribution in [0, 0.1) is 5.82 Å². The Bertz CT molecular complexity index is 845. The molecule has 1 unspecified atom stereocenters. The number of nitrogens with zero attached hydrogens (tertiary/aromatic N) is 1. The van der Waals surface area contributed by atoms with Crippen LogP contribution in [0.2, 0.25) is 0 Å². The molecule has 1 atom stereocenters. The molecule has 0 bridgehead atoms. The molecule has 0 aliphatic heterocycles. The third-order valence-electron chi connectivity index (χ3n) is 4.35. The second-order valence-corrected chi connectivity index (χ2v) is 5.57. The van der Waals surface area contributed by atoms with E-state index < -0.39 is 5.60 Å². The molecule has 0 radical (unpaired) electrons. The molecule has 0 spiro atoms. The number of halogens is 1. The van der Waals surface area contributed by atoms with Crippen LogP contribution in [0.5, 0.6) is 0 Å². The van der Waals surface area contributed by atoms with Crippen molar-refractivity contribution in [3.05, 3.63) is 77.2 Å². The first kappa shape index (κ1) is 12.5. The van der Waals surface area contributed by atoms with Crippen molar-refractivity contribution in [2.45, 2.75) is 18.4 Å². The van der Waals surface area contributed by atoms with Crippen LogP contribution in [0.15, 0.2) is 54.7 Å². The van der Waals surface area contributed by atoms with Crippen molar-refractivity contribution in [1.29, 1.82) is 0 Å². The van der Waals surface area contributed by atoms with Crippen LogP contribution < -0.4 is 0 Å². The summed E-state index contributed by atoms with van der Waals surface area (Å²) in [6.07, 6.45) is 3.02. The molecule has 2 aromatic carbocycles. The predicted octanol–water partition coefficient (Wildman–Crippen LogP) is 3.56. The normalized spacial score (nSPS) is 20.7. The van der Waals surface area contributed by atoms with Gasteiger partial charge in [-0.25, -0.2) is 4.39 Å². The summed E-state index contributed by atoms with van der Waals surface area (Å²) in [5.74, 6) is -0.249. The smallest absolute Gasteiger partial charge is 0.123 e. The van der Waals surface area contributed by atoms with E-state index in [1.54, 1.807) is 12.3 Å². The fourth-order valence-corrected chi connectivity index (χ4v) is 3.26. The zero-order valence-electron chi connectivity index (χ0n) is 11.4. The van der Waals surface area contributed by atoms with Crippen LogP contribution in [0.1, 0.15) is 23.1 Å². The van der Waals surface area contributed by atoms with E-state index in [9.17, 15) is 9.50 Å². The lowest BCUT2D eigenvalue weighted by atomic mass is 9.87. The predicted molar refractivity (Wildman–Crippen MR) is 79.5 cm³/mol. The second-order valence-electron chi connectivity index (χ2n) is 5.57. The number of rotatable bonds is 1. The molecule has 0 fully saturated rings. The summed E-state index contributed by atoms with van der Waals surface area (Å²) in [6.45, 7) is 0. The van der Waals surface area contributed by atoms with Gasteiger partial charge < -0.3 is 5.11 Å². The molecule has 0 saturated carbocycles. The van der Waals surface area contributed by atoms with Crippen LogP contribution in [-0.4, -0.2) is 10.1 Å². The Hall–Kier alpha value is -2.26. The van der Waals surface area contributed by atoms with Gasteiger partial charge in [0, 0.05) is 11.6 Å². The molecule has 0 amide bonds. The van der Waals surface area contributed by atoms with E-state index in [-0.39, 0.29) is 5.82 Å². The van der Waals surface area contributed by atoms with Crippen LogP contribution in [0.3, 0.4) is 0 Å². The number of benzene rings is 2. The fraction of sp³-hybridized carbons (Fsp3) is 0.167. The quantitative estimate of drug-likeness (QED) is 0.739. The molecule has 1 aliphatic rings. The molecule has 2 nitrogen and oxygen atoms in total. The van der Waals surface area contributed by atoms with Crippen molar-refractivity contribution >= 4 is 10.9 Å². The SMILES string of the molecule is OC1(c2ccc3ncccc3c2)CCc2cc(F)ccc21. The molecule has 3 aromatic rings. The van der Waals surface area contributed by atoms with Crippen molar-refractivity contribution in [2.75, 3.05) is 0 Å². The molecule has 1 N–H and O–H groups in total. The number of pyridine rings is 1. The standard InChI is InChI=1S/C18H14FNO/c19-15-4-5-16-12(11-15)7-8-18(16,21)14-3-6-17-13(10-14)2-1-9-20-17/h1-6,9-11,21H,7-8H2. The van der Waals surface area contributed by atoms with Gasteiger partial charge in [-0.05, 0) is 59.9 Å². The lowest BCUT2D eigenvalue weighted by Gasteiger charge is -2.25.